The number of benzene rings is 1. The molecule has 2 heterocycles. The molecule has 0 aliphatic carbocycles. The lowest BCUT2D eigenvalue weighted by Gasteiger charge is -2.08. The molecule has 8 heteroatoms. The molecule has 1 amide bonds. The molecule has 3 rings (SSSR count). The Balaban J connectivity index is 0.00000208. The van der Waals surface area contributed by atoms with Crippen LogP contribution in [0.15, 0.2) is 23.6 Å². The smallest absolute Gasteiger partial charge is 0.230 e. The fourth-order valence-electron chi connectivity index (χ4n) is 2.55. The molecule has 0 radical (unpaired) electrons. The minimum atomic E-state index is 0. The van der Waals surface area contributed by atoms with Crippen LogP contribution in [0.3, 0.4) is 0 Å². The summed E-state index contributed by atoms with van der Waals surface area (Å²) in [5, 5.41) is 8.63. The van der Waals surface area contributed by atoms with Crippen LogP contribution in [-0.4, -0.2) is 38.2 Å². The van der Waals surface area contributed by atoms with E-state index < -0.39 is 0 Å². The summed E-state index contributed by atoms with van der Waals surface area (Å²) in [7, 11) is 3.20. The van der Waals surface area contributed by atoms with Gasteiger partial charge < -0.3 is 20.1 Å². The van der Waals surface area contributed by atoms with Crippen LogP contribution in [0.1, 0.15) is 6.42 Å². The Hall–Kier alpha value is -1.83. The van der Waals surface area contributed by atoms with E-state index in [0.29, 0.717) is 16.6 Å². The van der Waals surface area contributed by atoms with Crippen molar-refractivity contribution < 1.29 is 14.3 Å². The van der Waals surface area contributed by atoms with Crippen molar-refractivity contribution >= 4 is 34.8 Å². The summed E-state index contributed by atoms with van der Waals surface area (Å²) in [6, 6.07) is 5.64. The highest BCUT2D eigenvalue weighted by molar-refractivity contribution is 7.14. The van der Waals surface area contributed by atoms with Crippen molar-refractivity contribution in [3.05, 3.63) is 23.6 Å². The molecule has 1 saturated heterocycles. The maximum absolute atomic E-state index is 12.1. The molecular weight excluding hydrogens is 350 g/mol. The number of hydrogen-bond acceptors (Lipinski definition) is 6. The third-order valence-electron chi connectivity index (χ3n) is 3.84. The number of aromatic nitrogens is 1. The summed E-state index contributed by atoms with van der Waals surface area (Å²) in [5.74, 6) is 1.39. The average molecular weight is 370 g/mol. The molecule has 0 bridgehead atoms. The molecule has 2 aromatic rings. The predicted octanol–water partition coefficient (Wildman–Crippen LogP) is 2.80. The number of anilines is 1. The molecule has 2 N–H and O–H groups in total. The van der Waals surface area contributed by atoms with Crippen molar-refractivity contribution in [2.24, 2.45) is 5.92 Å². The number of carbonyl (C=O) groups excluding carboxylic acids is 1. The Labute approximate surface area is 151 Å². The zero-order valence-electron chi connectivity index (χ0n) is 13.5. The molecule has 0 spiro atoms. The first-order valence-electron chi connectivity index (χ1n) is 7.40. The molecule has 1 unspecified atom stereocenters. The van der Waals surface area contributed by atoms with Gasteiger partial charge in [0.15, 0.2) is 16.6 Å². The Morgan fingerprint density at radius 1 is 1.33 bits per heavy atom. The van der Waals surface area contributed by atoms with Crippen LogP contribution >= 0.6 is 23.7 Å². The number of methoxy groups -OCH3 is 2. The molecule has 1 aromatic carbocycles. The van der Waals surface area contributed by atoms with Gasteiger partial charge in [0.05, 0.1) is 25.8 Å². The standard InChI is InChI=1S/C16H19N3O3S.ClH/c1-21-13-4-3-10(7-14(13)22-2)12-9-23-16(18-12)19-15(20)11-5-6-17-8-11;/h3-4,7,9,11,17H,5-6,8H2,1-2H3,(H,18,19,20);1H. The Morgan fingerprint density at radius 3 is 2.79 bits per heavy atom. The fourth-order valence-corrected chi connectivity index (χ4v) is 3.27. The third kappa shape index (κ3) is 3.98. The van der Waals surface area contributed by atoms with Gasteiger partial charge in [-0.1, -0.05) is 0 Å². The number of nitrogens with one attached hydrogen (secondary N) is 2. The first kappa shape index (κ1) is 18.5. The second-order valence-electron chi connectivity index (χ2n) is 5.29. The number of hydrogen-bond donors (Lipinski definition) is 2. The van der Waals surface area contributed by atoms with Crippen molar-refractivity contribution in [2.75, 3.05) is 32.6 Å². The number of thiazole rings is 1. The molecule has 1 fully saturated rings. The molecule has 130 valence electrons. The number of amides is 1. The van der Waals surface area contributed by atoms with Crippen molar-refractivity contribution in [3.8, 4) is 22.8 Å². The monoisotopic (exact) mass is 369 g/mol. The van der Waals surface area contributed by atoms with Crippen LogP contribution in [-0.2, 0) is 4.79 Å². The zero-order chi connectivity index (χ0) is 16.2. The number of halogens is 1. The minimum absolute atomic E-state index is 0. The normalized spacial score (nSPS) is 16.3. The topological polar surface area (TPSA) is 72.5 Å². The molecule has 6 nitrogen and oxygen atoms in total. The number of ether oxygens (including phenoxy) is 2. The van der Waals surface area contributed by atoms with Crippen LogP contribution in [0.5, 0.6) is 11.5 Å². The van der Waals surface area contributed by atoms with Gasteiger partial charge >= 0.3 is 0 Å². The summed E-state index contributed by atoms with van der Waals surface area (Å²) in [6.45, 7) is 1.63. The lowest BCUT2D eigenvalue weighted by atomic mass is 10.1. The molecule has 1 aliphatic heterocycles. The second-order valence-corrected chi connectivity index (χ2v) is 6.14. The Kier molecular flexibility index (Phi) is 6.42. The van der Waals surface area contributed by atoms with Gasteiger partial charge in [-0.15, -0.1) is 23.7 Å². The van der Waals surface area contributed by atoms with Crippen LogP contribution in [0, 0.1) is 5.92 Å². The minimum Gasteiger partial charge on any atom is -0.493 e. The van der Waals surface area contributed by atoms with Crippen molar-refractivity contribution in [1.29, 1.82) is 0 Å². The van der Waals surface area contributed by atoms with E-state index in [-0.39, 0.29) is 24.2 Å². The van der Waals surface area contributed by atoms with Gasteiger partial charge in [0, 0.05) is 17.5 Å². The maximum Gasteiger partial charge on any atom is 0.230 e. The molecule has 1 aliphatic rings. The number of carbonyl (C=O) groups is 1. The van der Waals surface area contributed by atoms with Gasteiger partial charge in [0.1, 0.15) is 0 Å². The predicted molar refractivity (Wildman–Crippen MR) is 97.5 cm³/mol. The van der Waals surface area contributed by atoms with Gasteiger partial charge in [-0.25, -0.2) is 4.98 Å². The largest absolute Gasteiger partial charge is 0.493 e. The second kappa shape index (κ2) is 8.32. The molecule has 24 heavy (non-hydrogen) atoms. The van der Waals surface area contributed by atoms with Gasteiger partial charge in [-0.05, 0) is 31.2 Å². The van der Waals surface area contributed by atoms with Gasteiger partial charge in [0.25, 0.3) is 0 Å². The molecule has 0 saturated carbocycles. The highest BCUT2D eigenvalue weighted by Crippen LogP contribution is 2.33. The van der Waals surface area contributed by atoms with E-state index in [2.05, 4.69) is 15.6 Å². The van der Waals surface area contributed by atoms with Crippen LogP contribution < -0.4 is 20.1 Å². The van der Waals surface area contributed by atoms with E-state index in [0.717, 1.165) is 30.8 Å². The van der Waals surface area contributed by atoms with E-state index in [1.165, 1.54) is 11.3 Å². The lowest BCUT2D eigenvalue weighted by Crippen LogP contribution is -2.24. The lowest BCUT2D eigenvalue weighted by molar-refractivity contribution is -0.119. The van der Waals surface area contributed by atoms with Gasteiger partial charge in [0.2, 0.25) is 5.91 Å². The van der Waals surface area contributed by atoms with Crippen LogP contribution in [0.25, 0.3) is 11.3 Å². The first-order chi connectivity index (χ1) is 11.2. The van der Waals surface area contributed by atoms with Gasteiger partial charge in [-0.3, -0.25) is 4.79 Å². The van der Waals surface area contributed by atoms with Crippen molar-refractivity contribution in [3.63, 3.8) is 0 Å². The van der Waals surface area contributed by atoms with Gasteiger partial charge in [-0.2, -0.15) is 0 Å². The Bertz CT molecular complexity index is 702. The zero-order valence-corrected chi connectivity index (χ0v) is 15.1. The van der Waals surface area contributed by atoms with E-state index in [1.807, 2.05) is 23.6 Å². The van der Waals surface area contributed by atoms with E-state index in [1.54, 1.807) is 14.2 Å². The Morgan fingerprint density at radius 2 is 2.12 bits per heavy atom. The molecular formula is C16H20ClN3O3S. The first-order valence-corrected chi connectivity index (χ1v) is 8.28. The summed E-state index contributed by atoms with van der Waals surface area (Å²) >= 11 is 1.42. The average Bonchev–Trinajstić information content (AvgIpc) is 3.25. The summed E-state index contributed by atoms with van der Waals surface area (Å²) < 4.78 is 10.5. The maximum atomic E-state index is 12.1. The van der Waals surface area contributed by atoms with E-state index in [4.69, 9.17) is 9.47 Å². The fraction of sp³-hybridized carbons (Fsp3) is 0.375. The highest BCUT2D eigenvalue weighted by Gasteiger charge is 2.23. The highest BCUT2D eigenvalue weighted by atomic mass is 35.5. The van der Waals surface area contributed by atoms with Crippen LogP contribution in [0.2, 0.25) is 0 Å². The van der Waals surface area contributed by atoms with E-state index >= 15 is 0 Å². The number of rotatable bonds is 5. The molecule has 1 atom stereocenters. The summed E-state index contributed by atoms with van der Waals surface area (Å²) in [5.41, 5.74) is 1.72. The summed E-state index contributed by atoms with van der Waals surface area (Å²) in [6.07, 6.45) is 0.875. The van der Waals surface area contributed by atoms with Crippen LogP contribution in [0.4, 0.5) is 5.13 Å². The van der Waals surface area contributed by atoms with E-state index in [9.17, 15) is 4.79 Å². The SMILES string of the molecule is COc1ccc(-c2csc(NC(=O)C3CCNC3)n2)cc1OC.Cl. The quantitative estimate of drug-likeness (QED) is 0.847. The van der Waals surface area contributed by atoms with Crippen molar-refractivity contribution in [1.82, 2.24) is 10.3 Å². The molecule has 1 aromatic heterocycles. The van der Waals surface area contributed by atoms with Crippen molar-refractivity contribution in [2.45, 2.75) is 6.42 Å². The third-order valence-corrected chi connectivity index (χ3v) is 4.60. The summed E-state index contributed by atoms with van der Waals surface area (Å²) in [4.78, 5) is 16.6. The number of nitrogens with zero attached hydrogens (tertiary/aromatic N) is 1.